The first-order chi connectivity index (χ1) is 8.52. The molecule has 1 aromatic heterocycles. The molecule has 98 valence electrons. The number of esters is 1. The van der Waals surface area contributed by atoms with E-state index in [0.29, 0.717) is 30.2 Å². The van der Waals surface area contributed by atoms with Gasteiger partial charge < -0.3 is 15.8 Å². The molecule has 0 fully saturated rings. The van der Waals surface area contributed by atoms with Gasteiger partial charge in [-0.3, -0.25) is 9.59 Å². The first-order valence-corrected chi connectivity index (χ1v) is 5.71. The summed E-state index contributed by atoms with van der Waals surface area (Å²) in [7, 11) is 0. The van der Waals surface area contributed by atoms with E-state index in [1.807, 2.05) is 0 Å². The van der Waals surface area contributed by atoms with Crippen LogP contribution in [-0.2, 0) is 9.53 Å². The lowest BCUT2D eigenvalue weighted by atomic mass is 10.2. The van der Waals surface area contributed by atoms with Gasteiger partial charge in [0.15, 0.2) is 0 Å². The van der Waals surface area contributed by atoms with Crippen molar-refractivity contribution in [1.29, 1.82) is 0 Å². The first kappa shape index (κ1) is 14.0. The Morgan fingerprint density at radius 3 is 2.78 bits per heavy atom. The molecule has 0 spiro atoms. The van der Waals surface area contributed by atoms with Gasteiger partial charge in [-0.05, 0) is 26.0 Å². The number of aromatic nitrogens is 1. The summed E-state index contributed by atoms with van der Waals surface area (Å²) >= 11 is 0. The highest BCUT2D eigenvalue weighted by Crippen LogP contribution is 2.09. The van der Waals surface area contributed by atoms with Crippen molar-refractivity contribution < 1.29 is 14.3 Å². The second kappa shape index (κ2) is 6.58. The van der Waals surface area contributed by atoms with Crippen LogP contribution in [0.5, 0.6) is 0 Å². The van der Waals surface area contributed by atoms with E-state index in [-0.39, 0.29) is 12.4 Å². The minimum absolute atomic E-state index is 0.245. The number of nitrogens with two attached hydrogens (primary N) is 1. The molecule has 0 aliphatic rings. The molecule has 0 aliphatic carbocycles. The Bertz CT molecular complexity index is 446. The van der Waals surface area contributed by atoms with Crippen LogP contribution in [0.1, 0.15) is 29.4 Å². The Kier molecular flexibility index (Phi) is 5.10. The Morgan fingerprint density at radius 2 is 2.17 bits per heavy atom. The Morgan fingerprint density at radius 1 is 1.44 bits per heavy atom. The number of amides is 1. The largest absolute Gasteiger partial charge is 0.466 e. The van der Waals surface area contributed by atoms with E-state index in [1.165, 1.54) is 0 Å². The molecule has 1 rings (SSSR count). The molecule has 1 amide bonds. The molecule has 0 atom stereocenters. The molecule has 0 saturated heterocycles. The molecular weight excluding hydrogens is 234 g/mol. The molecule has 0 saturated carbocycles. The molecule has 6 heteroatoms. The highest BCUT2D eigenvalue weighted by atomic mass is 16.5. The number of aryl methyl sites for hydroxylation is 1. The molecule has 1 aromatic rings. The zero-order valence-electron chi connectivity index (χ0n) is 10.5. The van der Waals surface area contributed by atoms with E-state index in [1.54, 1.807) is 26.0 Å². The normalized spacial score (nSPS) is 9.89. The van der Waals surface area contributed by atoms with Crippen LogP contribution in [0, 0.1) is 6.92 Å². The van der Waals surface area contributed by atoms with E-state index in [0.717, 1.165) is 0 Å². The van der Waals surface area contributed by atoms with Crippen LogP contribution in [0.4, 0.5) is 5.82 Å². The minimum Gasteiger partial charge on any atom is -0.466 e. The van der Waals surface area contributed by atoms with Crippen LogP contribution >= 0.6 is 0 Å². The van der Waals surface area contributed by atoms with Gasteiger partial charge in [-0.1, -0.05) is 0 Å². The Hall–Kier alpha value is -2.11. The maximum atomic E-state index is 11.1. The van der Waals surface area contributed by atoms with Crippen LogP contribution in [0.3, 0.4) is 0 Å². The van der Waals surface area contributed by atoms with Crippen LogP contribution in [0.2, 0.25) is 0 Å². The topological polar surface area (TPSA) is 94.3 Å². The molecule has 1 heterocycles. The summed E-state index contributed by atoms with van der Waals surface area (Å²) in [6.45, 7) is 4.29. The fourth-order valence-corrected chi connectivity index (χ4v) is 1.43. The maximum Gasteiger partial charge on any atom is 0.307 e. The summed E-state index contributed by atoms with van der Waals surface area (Å²) in [5.41, 5.74) is 6.27. The maximum absolute atomic E-state index is 11.1. The van der Waals surface area contributed by atoms with Crippen molar-refractivity contribution in [3.05, 3.63) is 23.4 Å². The van der Waals surface area contributed by atoms with Gasteiger partial charge in [0.25, 0.3) is 0 Å². The number of nitrogens with one attached hydrogen (secondary N) is 1. The molecule has 0 aromatic carbocycles. The van der Waals surface area contributed by atoms with Gasteiger partial charge in [0, 0.05) is 17.8 Å². The summed E-state index contributed by atoms with van der Waals surface area (Å²) in [5, 5.41) is 2.95. The lowest BCUT2D eigenvalue weighted by Crippen LogP contribution is -2.15. The number of anilines is 1. The van der Waals surface area contributed by atoms with Gasteiger partial charge >= 0.3 is 5.97 Å². The lowest BCUT2D eigenvalue weighted by Gasteiger charge is -2.07. The zero-order chi connectivity index (χ0) is 13.5. The summed E-state index contributed by atoms with van der Waals surface area (Å²) in [4.78, 5) is 26.4. The van der Waals surface area contributed by atoms with Gasteiger partial charge in [0.05, 0.1) is 13.0 Å². The molecule has 0 radical (unpaired) electrons. The second-order valence-corrected chi connectivity index (χ2v) is 3.73. The average Bonchev–Trinajstić information content (AvgIpc) is 2.28. The Balaban J connectivity index is 2.57. The monoisotopic (exact) mass is 251 g/mol. The lowest BCUT2D eigenvalue weighted by molar-refractivity contribution is -0.142. The molecule has 0 aliphatic heterocycles. The van der Waals surface area contributed by atoms with Crippen LogP contribution in [-0.4, -0.2) is 30.0 Å². The van der Waals surface area contributed by atoms with E-state index in [4.69, 9.17) is 10.5 Å². The summed E-state index contributed by atoms with van der Waals surface area (Å²) in [6.07, 6.45) is 0.245. The minimum atomic E-state index is -0.506. The second-order valence-electron chi connectivity index (χ2n) is 3.73. The van der Waals surface area contributed by atoms with Crippen LogP contribution < -0.4 is 11.1 Å². The number of ether oxygens (including phenoxy) is 1. The van der Waals surface area contributed by atoms with Gasteiger partial charge in [-0.25, -0.2) is 4.98 Å². The molecule has 0 bridgehead atoms. The Labute approximate surface area is 106 Å². The van der Waals surface area contributed by atoms with Crippen molar-refractivity contribution >= 4 is 17.7 Å². The van der Waals surface area contributed by atoms with Crippen molar-refractivity contribution in [2.45, 2.75) is 20.3 Å². The number of rotatable bonds is 6. The van der Waals surface area contributed by atoms with Crippen molar-refractivity contribution in [1.82, 2.24) is 4.98 Å². The number of nitrogens with zero attached hydrogens (tertiary/aromatic N) is 1. The van der Waals surface area contributed by atoms with Crippen LogP contribution in [0.15, 0.2) is 12.1 Å². The zero-order valence-corrected chi connectivity index (χ0v) is 10.5. The molecule has 0 unspecified atom stereocenters. The van der Waals surface area contributed by atoms with Crippen molar-refractivity contribution in [2.24, 2.45) is 5.73 Å². The number of carbonyl (C=O) groups excluding carboxylic acids is 2. The smallest absolute Gasteiger partial charge is 0.307 e. The molecule has 3 N–H and O–H groups in total. The fourth-order valence-electron chi connectivity index (χ4n) is 1.43. The summed E-state index contributed by atoms with van der Waals surface area (Å²) in [5.74, 6) is -0.255. The van der Waals surface area contributed by atoms with Gasteiger partial charge in [0.2, 0.25) is 5.91 Å². The average molecular weight is 251 g/mol. The molecule has 6 nitrogen and oxygen atoms in total. The van der Waals surface area contributed by atoms with Gasteiger partial charge in [-0.2, -0.15) is 0 Å². The number of carbonyl (C=O) groups is 2. The highest BCUT2D eigenvalue weighted by molar-refractivity contribution is 5.93. The summed E-state index contributed by atoms with van der Waals surface area (Å²) in [6, 6.07) is 3.17. The van der Waals surface area contributed by atoms with Crippen molar-refractivity contribution in [3.63, 3.8) is 0 Å². The predicted octanol–water partition coefficient (Wildman–Crippen LogP) is 0.854. The molecule has 18 heavy (non-hydrogen) atoms. The fraction of sp³-hybridized carbons (Fsp3) is 0.417. The molecular formula is C12H17N3O3. The van der Waals surface area contributed by atoms with Crippen LogP contribution in [0.25, 0.3) is 0 Å². The predicted molar refractivity (Wildman–Crippen MR) is 67.2 cm³/mol. The van der Waals surface area contributed by atoms with Gasteiger partial charge in [-0.15, -0.1) is 0 Å². The first-order valence-electron chi connectivity index (χ1n) is 5.71. The number of hydrogen-bond donors (Lipinski definition) is 2. The van der Waals surface area contributed by atoms with Crippen molar-refractivity contribution in [2.75, 3.05) is 18.5 Å². The van der Waals surface area contributed by atoms with E-state index >= 15 is 0 Å². The summed E-state index contributed by atoms with van der Waals surface area (Å²) < 4.78 is 4.79. The van der Waals surface area contributed by atoms with Crippen molar-refractivity contribution in [3.8, 4) is 0 Å². The third-order valence-corrected chi connectivity index (χ3v) is 2.18. The van der Waals surface area contributed by atoms with Gasteiger partial charge in [0.1, 0.15) is 5.82 Å². The highest BCUT2D eigenvalue weighted by Gasteiger charge is 2.06. The number of primary amides is 1. The van der Waals surface area contributed by atoms with E-state index in [9.17, 15) is 9.59 Å². The van der Waals surface area contributed by atoms with E-state index < -0.39 is 5.91 Å². The number of pyridine rings is 1. The van der Waals surface area contributed by atoms with E-state index in [2.05, 4.69) is 10.3 Å². The number of hydrogen-bond acceptors (Lipinski definition) is 5. The third kappa shape index (κ3) is 4.40. The SMILES string of the molecule is CCOC(=O)CCNc1cc(C(N)=O)cc(C)n1. The quantitative estimate of drug-likeness (QED) is 0.731. The third-order valence-electron chi connectivity index (χ3n) is 2.18. The standard InChI is InChI=1S/C12H17N3O3/c1-3-18-11(16)4-5-14-10-7-9(12(13)17)6-8(2)15-10/h6-7H,3-5H2,1-2H3,(H2,13,17)(H,14,15).